The van der Waals surface area contributed by atoms with E-state index in [-0.39, 0.29) is 11.4 Å². The lowest BCUT2D eigenvalue weighted by Gasteiger charge is -2.33. The molecule has 0 saturated carbocycles. The summed E-state index contributed by atoms with van der Waals surface area (Å²) in [7, 11) is 0. The number of hydrogen-bond acceptors (Lipinski definition) is 6. The van der Waals surface area contributed by atoms with Gasteiger partial charge in [-0.2, -0.15) is 0 Å². The summed E-state index contributed by atoms with van der Waals surface area (Å²) >= 11 is 0. The van der Waals surface area contributed by atoms with Crippen LogP contribution in [0.1, 0.15) is 18.4 Å². The maximum Gasteiger partial charge on any atom is 0.252 e. The topological polar surface area (TPSA) is 91.7 Å². The lowest BCUT2D eigenvalue weighted by Crippen LogP contribution is -2.37. The van der Waals surface area contributed by atoms with E-state index in [2.05, 4.69) is 29.7 Å². The monoisotopic (exact) mass is 433 g/mol. The Labute approximate surface area is 184 Å². The van der Waals surface area contributed by atoms with Crippen LogP contribution in [0.15, 0.2) is 59.8 Å². The molecule has 4 heterocycles. The molecule has 0 unspecified atom stereocenters. The third-order valence-electron chi connectivity index (χ3n) is 5.91. The first-order valence-corrected chi connectivity index (χ1v) is 10.7. The predicted molar refractivity (Wildman–Crippen MR) is 121 cm³/mol. The molecule has 3 aromatic heterocycles. The largest absolute Gasteiger partial charge is 0.355 e. The van der Waals surface area contributed by atoms with Crippen LogP contribution in [0, 0.1) is 11.7 Å². The number of pyridine rings is 1. The summed E-state index contributed by atoms with van der Waals surface area (Å²) in [6, 6.07) is 9.97. The molecule has 1 saturated heterocycles. The van der Waals surface area contributed by atoms with Crippen LogP contribution >= 0.6 is 0 Å². The van der Waals surface area contributed by atoms with Crippen molar-refractivity contribution in [1.82, 2.24) is 24.5 Å². The Bertz CT molecular complexity index is 1260. The van der Waals surface area contributed by atoms with Gasteiger partial charge in [0, 0.05) is 38.1 Å². The van der Waals surface area contributed by atoms with E-state index in [4.69, 9.17) is 4.98 Å². The van der Waals surface area contributed by atoms with Crippen molar-refractivity contribution in [2.45, 2.75) is 19.4 Å². The molecule has 0 bridgehead atoms. The highest BCUT2D eigenvalue weighted by Gasteiger charge is 2.24. The maximum atomic E-state index is 13.4. The Morgan fingerprint density at radius 2 is 1.91 bits per heavy atom. The van der Waals surface area contributed by atoms with E-state index in [0.717, 1.165) is 55.0 Å². The normalized spacial score (nSPS) is 14.7. The molecule has 1 aromatic carbocycles. The molecular formula is C23H24FN7O. The molecule has 32 heavy (non-hydrogen) atoms. The van der Waals surface area contributed by atoms with Crippen LogP contribution in [-0.4, -0.2) is 44.1 Å². The molecule has 1 fully saturated rings. The van der Waals surface area contributed by atoms with Crippen molar-refractivity contribution in [3.8, 4) is 0 Å². The molecule has 0 radical (unpaired) electrons. The van der Waals surface area contributed by atoms with Crippen LogP contribution in [0.5, 0.6) is 0 Å². The van der Waals surface area contributed by atoms with Crippen LogP contribution in [0.4, 0.5) is 16.3 Å². The van der Waals surface area contributed by atoms with Gasteiger partial charge in [-0.3, -0.25) is 14.8 Å². The minimum atomic E-state index is -0.237. The van der Waals surface area contributed by atoms with E-state index < -0.39 is 0 Å². The summed E-state index contributed by atoms with van der Waals surface area (Å²) in [5.74, 6) is 1.67. The zero-order valence-electron chi connectivity index (χ0n) is 17.5. The molecule has 1 aliphatic rings. The Hall–Kier alpha value is -3.75. The molecule has 0 aliphatic carbocycles. The molecule has 5 rings (SSSR count). The lowest BCUT2D eigenvalue weighted by atomic mass is 9.97. The molecule has 1 aliphatic heterocycles. The highest BCUT2D eigenvalue weighted by atomic mass is 19.1. The van der Waals surface area contributed by atoms with Crippen molar-refractivity contribution in [3.05, 3.63) is 76.7 Å². The van der Waals surface area contributed by atoms with Crippen LogP contribution in [-0.2, 0) is 6.54 Å². The molecular weight excluding hydrogens is 409 g/mol. The van der Waals surface area contributed by atoms with Gasteiger partial charge in [-0.05, 0) is 42.5 Å². The van der Waals surface area contributed by atoms with Crippen molar-refractivity contribution in [2.75, 3.05) is 29.9 Å². The second kappa shape index (κ2) is 8.78. The molecule has 164 valence electrons. The number of anilines is 2. The number of benzene rings is 1. The number of H-pyrrole nitrogens is 1. The summed E-state index contributed by atoms with van der Waals surface area (Å²) < 4.78 is 15.5. The van der Waals surface area contributed by atoms with Gasteiger partial charge in [0.2, 0.25) is 11.9 Å². The van der Waals surface area contributed by atoms with Crippen molar-refractivity contribution >= 4 is 22.9 Å². The zero-order chi connectivity index (χ0) is 21.9. The first-order chi connectivity index (χ1) is 15.7. The molecule has 2 N–H and O–H groups in total. The highest BCUT2D eigenvalue weighted by Crippen LogP contribution is 2.27. The number of imidazole rings is 1. The van der Waals surface area contributed by atoms with Gasteiger partial charge in [0.05, 0.1) is 18.3 Å². The number of nitrogens with one attached hydrogen (secondary N) is 2. The van der Waals surface area contributed by atoms with Gasteiger partial charge in [0.1, 0.15) is 11.3 Å². The smallest absolute Gasteiger partial charge is 0.252 e. The SMILES string of the molecule is O=c1ccnc(NCC2CCN(c3nc4cnccc4n3Cc3ccc(F)cc3)CC2)[nH]1. The minimum absolute atomic E-state index is 0.160. The summed E-state index contributed by atoms with van der Waals surface area (Å²) in [6.45, 7) is 3.14. The van der Waals surface area contributed by atoms with E-state index in [1.165, 1.54) is 24.4 Å². The number of aromatic nitrogens is 5. The molecule has 9 heteroatoms. The van der Waals surface area contributed by atoms with Gasteiger partial charge < -0.3 is 14.8 Å². The van der Waals surface area contributed by atoms with E-state index in [0.29, 0.717) is 18.4 Å². The number of rotatable bonds is 6. The van der Waals surface area contributed by atoms with Crippen LogP contribution in [0.25, 0.3) is 11.0 Å². The first kappa shape index (κ1) is 20.2. The average Bonchev–Trinajstić information content (AvgIpc) is 3.18. The van der Waals surface area contributed by atoms with Gasteiger partial charge >= 0.3 is 0 Å². The number of fused-ring (bicyclic) bond motifs is 1. The van der Waals surface area contributed by atoms with E-state index in [9.17, 15) is 9.18 Å². The van der Waals surface area contributed by atoms with E-state index >= 15 is 0 Å². The van der Waals surface area contributed by atoms with Gasteiger partial charge in [0.15, 0.2) is 0 Å². The average molecular weight is 433 g/mol. The Morgan fingerprint density at radius 3 is 2.69 bits per heavy atom. The predicted octanol–water partition coefficient (Wildman–Crippen LogP) is 3.03. The number of halogens is 1. The molecule has 0 atom stereocenters. The number of piperidine rings is 1. The minimum Gasteiger partial charge on any atom is -0.355 e. The van der Waals surface area contributed by atoms with E-state index in [1.54, 1.807) is 12.4 Å². The quantitative estimate of drug-likeness (QED) is 0.486. The summed E-state index contributed by atoms with van der Waals surface area (Å²) in [6.07, 6.45) is 7.06. The van der Waals surface area contributed by atoms with E-state index in [1.807, 2.05) is 18.2 Å². The standard InChI is InChI=1S/C23H24FN7O/c24-18-3-1-17(2-4-18)15-31-20-5-9-25-14-19(20)28-23(31)30-11-7-16(8-12-30)13-27-22-26-10-6-21(32)29-22/h1-6,9-10,14,16H,7-8,11-13,15H2,(H2,26,27,29,32). The van der Waals surface area contributed by atoms with Crippen molar-refractivity contribution in [1.29, 1.82) is 0 Å². The fraction of sp³-hybridized carbons (Fsp3) is 0.304. The fourth-order valence-corrected chi connectivity index (χ4v) is 4.18. The maximum absolute atomic E-state index is 13.4. The fourth-order valence-electron chi connectivity index (χ4n) is 4.18. The third-order valence-corrected chi connectivity index (χ3v) is 5.91. The van der Waals surface area contributed by atoms with Crippen molar-refractivity contribution in [2.24, 2.45) is 5.92 Å². The second-order valence-electron chi connectivity index (χ2n) is 8.08. The lowest BCUT2D eigenvalue weighted by molar-refractivity contribution is 0.417. The van der Waals surface area contributed by atoms with Gasteiger partial charge in [-0.1, -0.05) is 12.1 Å². The first-order valence-electron chi connectivity index (χ1n) is 10.7. The molecule has 0 amide bonds. The summed E-state index contributed by atoms with van der Waals surface area (Å²) in [5, 5.41) is 3.23. The summed E-state index contributed by atoms with van der Waals surface area (Å²) in [4.78, 5) is 29.7. The van der Waals surface area contributed by atoms with Crippen molar-refractivity contribution < 1.29 is 4.39 Å². The van der Waals surface area contributed by atoms with Gasteiger partial charge in [0.25, 0.3) is 5.56 Å². The zero-order valence-corrected chi connectivity index (χ0v) is 17.5. The molecule has 8 nitrogen and oxygen atoms in total. The second-order valence-corrected chi connectivity index (χ2v) is 8.08. The number of aromatic amines is 1. The molecule has 0 spiro atoms. The van der Waals surface area contributed by atoms with Crippen molar-refractivity contribution in [3.63, 3.8) is 0 Å². The number of nitrogens with zero attached hydrogens (tertiary/aromatic N) is 5. The van der Waals surface area contributed by atoms with Crippen LogP contribution in [0.2, 0.25) is 0 Å². The van der Waals surface area contributed by atoms with Gasteiger partial charge in [-0.15, -0.1) is 0 Å². The van der Waals surface area contributed by atoms with Crippen LogP contribution in [0.3, 0.4) is 0 Å². The Morgan fingerprint density at radius 1 is 1.09 bits per heavy atom. The number of hydrogen-bond donors (Lipinski definition) is 2. The Balaban J connectivity index is 1.30. The summed E-state index contributed by atoms with van der Waals surface area (Å²) in [5.41, 5.74) is 2.73. The molecule has 4 aromatic rings. The Kier molecular flexibility index (Phi) is 5.53. The third kappa shape index (κ3) is 4.32. The van der Waals surface area contributed by atoms with Gasteiger partial charge in [-0.25, -0.2) is 14.4 Å². The highest BCUT2D eigenvalue weighted by molar-refractivity contribution is 5.78. The van der Waals surface area contributed by atoms with Crippen LogP contribution < -0.4 is 15.8 Å².